The first-order valence-electron chi connectivity index (χ1n) is 9.77. The van der Waals surface area contributed by atoms with Crippen molar-refractivity contribution in [3.8, 4) is 17.0 Å². The van der Waals surface area contributed by atoms with Crippen molar-refractivity contribution in [1.82, 2.24) is 14.9 Å². The molecule has 0 spiro atoms. The highest BCUT2D eigenvalue weighted by Crippen LogP contribution is 2.33. The highest BCUT2D eigenvalue weighted by molar-refractivity contribution is 5.81. The molecule has 0 radical (unpaired) electrons. The number of hydrogen-bond acceptors (Lipinski definition) is 4. The number of aromatic nitrogens is 2. The van der Waals surface area contributed by atoms with Crippen molar-refractivity contribution in [2.24, 2.45) is 0 Å². The minimum Gasteiger partial charge on any atom is -0.507 e. The van der Waals surface area contributed by atoms with Crippen LogP contribution >= 0.6 is 0 Å². The van der Waals surface area contributed by atoms with E-state index in [9.17, 15) is 9.90 Å². The molecule has 1 aromatic carbocycles. The minimum absolute atomic E-state index is 0.133. The van der Waals surface area contributed by atoms with Gasteiger partial charge in [-0.25, -0.2) is 9.97 Å². The topological polar surface area (TPSA) is 66.3 Å². The Morgan fingerprint density at radius 1 is 1.18 bits per heavy atom. The fourth-order valence-electron chi connectivity index (χ4n) is 4.27. The summed E-state index contributed by atoms with van der Waals surface area (Å²) in [5.41, 5.74) is 5.09. The zero-order valence-corrected chi connectivity index (χ0v) is 16.6. The molecule has 3 aromatic rings. The number of phenols is 1. The first kappa shape index (κ1) is 18.4. The fourth-order valence-corrected chi connectivity index (χ4v) is 4.27. The molecule has 1 N–H and O–H groups in total. The van der Waals surface area contributed by atoms with Crippen molar-refractivity contribution in [1.29, 1.82) is 0 Å². The van der Waals surface area contributed by atoms with E-state index in [4.69, 9.17) is 9.97 Å². The molecule has 5 heteroatoms. The lowest BCUT2D eigenvalue weighted by molar-refractivity contribution is -0.129. The Hall–Kier alpha value is -2.95. The van der Waals surface area contributed by atoms with Crippen LogP contribution in [0.25, 0.3) is 22.3 Å². The standard InChI is InChI=1S/C23H25N3O2/c1-14-11-15(2)22(21(28)12-14)20-9-7-17-6-8-18(24-23(17)25-20)13-19-5-4-10-26(19)16(3)27/h6-9,11-12,19,28H,4-5,10,13H2,1-3H3/t19-/m1/s1. The molecule has 1 aliphatic heterocycles. The Balaban J connectivity index is 1.69. The predicted molar refractivity (Wildman–Crippen MR) is 110 cm³/mol. The van der Waals surface area contributed by atoms with Crippen LogP contribution in [0, 0.1) is 13.8 Å². The van der Waals surface area contributed by atoms with Crippen molar-refractivity contribution in [2.45, 2.75) is 46.1 Å². The number of pyridine rings is 2. The number of phenolic OH excluding ortho intramolecular Hbond substituents is 1. The van der Waals surface area contributed by atoms with Gasteiger partial charge in [-0.05, 0) is 68.1 Å². The third kappa shape index (κ3) is 3.44. The first-order chi connectivity index (χ1) is 13.4. The van der Waals surface area contributed by atoms with E-state index >= 15 is 0 Å². The predicted octanol–water partition coefficient (Wildman–Crippen LogP) is 4.17. The van der Waals surface area contributed by atoms with Gasteiger partial charge in [-0.2, -0.15) is 0 Å². The summed E-state index contributed by atoms with van der Waals surface area (Å²) in [7, 11) is 0. The number of amides is 1. The zero-order valence-electron chi connectivity index (χ0n) is 16.6. The van der Waals surface area contributed by atoms with Gasteiger partial charge in [0.15, 0.2) is 5.65 Å². The number of carbonyl (C=O) groups excluding carboxylic acids is 1. The van der Waals surface area contributed by atoms with Gasteiger partial charge in [0, 0.05) is 42.6 Å². The van der Waals surface area contributed by atoms with Gasteiger partial charge < -0.3 is 10.0 Å². The summed E-state index contributed by atoms with van der Waals surface area (Å²) >= 11 is 0. The smallest absolute Gasteiger partial charge is 0.219 e. The molecular weight excluding hydrogens is 350 g/mol. The molecule has 1 amide bonds. The largest absolute Gasteiger partial charge is 0.507 e. The number of carbonyl (C=O) groups is 1. The lowest BCUT2D eigenvalue weighted by Crippen LogP contribution is -2.35. The lowest BCUT2D eigenvalue weighted by atomic mass is 10.0. The molecule has 144 valence electrons. The fraction of sp³-hybridized carbons (Fsp3) is 0.348. The number of aryl methyl sites for hydroxylation is 2. The number of aromatic hydroxyl groups is 1. The molecule has 0 unspecified atom stereocenters. The van der Waals surface area contributed by atoms with E-state index in [-0.39, 0.29) is 17.7 Å². The van der Waals surface area contributed by atoms with E-state index < -0.39 is 0 Å². The van der Waals surface area contributed by atoms with Crippen molar-refractivity contribution in [3.63, 3.8) is 0 Å². The summed E-state index contributed by atoms with van der Waals surface area (Å²) in [6, 6.07) is 12.0. The molecule has 1 fully saturated rings. The second kappa shape index (κ2) is 7.23. The second-order valence-electron chi connectivity index (χ2n) is 7.73. The monoisotopic (exact) mass is 375 g/mol. The van der Waals surface area contributed by atoms with Crippen LogP contribution in [0.3, 0.4) is 0 Å². The summed E-state index contributed by atoms with van der Waals surface area (Å²) in [5.74, 6) is 0.373. The minimum atomic E-state index is 0.133. The highest BCUT2D eigenvalue weighted by Gasteiger charge is 2.26. The first-order valence-corrected chi connectivity index (χ1v) is 9.77. The molecule has 0 bridgehead atoms. The zero-order chi connectivity index (χ0) is 19.8. The molecule has 0 saturated carbocycles. The van der Waals surface area contributed by atoms with Crippen molar-refractivity contribution >= 4 is 16.9 Å². The van der Waals surface area contributed by atoms with Crippen molar-refractivity contribution in [2.75, 3.05) is 6.54 Å². The van der Waals surface area contributed by atoms with Gasteiger partial charge in [-0.15, -0.1) is 0 Å². The number of benzene rings is 1. The quantitative estimate of drug-likeness (QED) is 0.746. The Bertz CT molecular complexity index is 1040. The van der Waals surface area contributed by atoms with Crippen LogP contribution in [0.1, 0.15) is 36.6 Å². The number of likely N-dealkylation sites (tertiary alicyclic amines) is 1. The van der Waals surface area contributed by atoms with E-state index in [1.54, 1.807) is 13.0 Å². The summed E-state index contributed by atoms with van der Waals surface area (Å²) < 4.78 is 0. The van der Waals surface area contributed by atoms with Gasteiger partial charge in [0.25, 0.3) is 0 Å². The van der Waals surface area contributed by atoms with Crippen LogP contribution in [0.15, 0.2) is 36.4 Å². The summed E-state index contributed by atoms with van der Waals surface area (Å²) in [6.45, 7) is 6.41. The molecule has 1 saturated heterocycles. The van der Waals surface area contributed by atoms with Gasteiger partial charge in [-0.3, -0.25) is 4.79 Å². The van der Waals surface area contributed by atoms with Gasteiger partial charge in [-0.1, -0.05) is 6.07 Å². The summed E-state index contributed by atoms with van der Waals surface area (Å²) in [6.07, 6.45) is 2.81. The van der Waals surface area contributed by atoms with Gasteiger partial charge in [0.2, 0.25) is 5.91 Å². The maximum atomic E-state index is 11.8. The third-order valence-electron chi connectivity index (χ3n) is 5.55. The second-order valence-corrected chi connectivity index (χ2v) is 7.73. The third-order valence-corrected chi connectivity index (χ3v) is 5.55. The maximum absolute atomic E-state index is 11.8. The molecule has 3 heterocycles. The number of hydrogen-bond donors (Lipinski definition) is 1. The molecule has 2 aromatic heterocycles. The van der Waals surface area contributed by atoms with Crippen LogP contribution < -0.4 is 0 Å². The number of rotatable bonds is 3. The molecular formula is C23H25N3O2. The average Bonchev–Trinajstić information content (AvgIpc) is 3.09. The SMILES string of the molecule is CC(=O)N1CCC[C@@H]1Cc1ccc2ccc(-c3c(C)cc(C)cc3O)nc2n1. The Morgan fingerprint density at radius 3 is 2.71 bits per heavy atom. The molecule has 0 aliphatic carbocycles. The summed E-state index contributed by atoms with van der Waals surface area (Å²) in [4.78, 5) is 23.3. The lowest BCUT2D eigenvalue weighted by Gasteiger charge is -2.23. The van der Waals surface area contributed by atoms with Crippen LogP contribution in [0.2, 0.25) is 0 Å². The Kier molecular flexibility index (Phi) is 4.75. The highest BCUT2D eigenvalue weighted by atomic mass is 16.3. The van der Waals surface area contributed by atoms with Crippen LogP contribution in [-0.2, 0) is 11.2 Å². The normalized spacial score (nSPS) is 16.7. The van der Waals surface area contributed by atoms with Gasteiger partial charge in [0.1, 0.15) is 5.75 Å². The van der Waals surface area contributed by atoms with E-state index in [0.717, 1.165) is 59.3 Å². The summed E-state index contributed by atoms with van der Waals surface area (Å²) in [5, 5.41) is 11.4. The average molecular weight is 375 g/mol. The van der Waals surface area contributed by atoms with Crippen LogP contribution in [0.5, 0.6) is 5.75 Å². The number of fused-ring (bicyclic) bond motifs is 1. The van der Waals surface area contributed by atoms with Crippen molar-refractivity contribution < 1.29 is 9.90 Å². The molecule has 28 heavy (non-hydrogen) atoms. The molecule has 1 aliphatic rings. The van der Waals surface area contributed by atoms with E-state index in [1.165, 1.54) is 0 Å². The molecule has 1 atom stereocenters. The van der Waals surface area contributed by atoms with Gasteiger partial charge >= 0.3 is 0 Å². The van der Waals surface area contributed by atoms with E-state index in [1.807, 2.05) is 49.1 Å². The van der Waals surface area contributed by atoms with Crippen LogP contribution in [-0.4, -0.2) is 38.5 Å². The Labute approximate surface area is 165 Å². The van der Waals surface area contributed by atoms with Crippen molar-refractivity contribution in [3.05, 3.63) is 53.2 Å². The van der Waals surface area contributed by atoms with E-state index in [0.29, 0.717) is 5.65 Å². The van der Waals surface area contributed by atoms with Crippen LogP contribution in [0.4, 0.5) is 0 Å². The molecule has 4 rings (SSSR count). The number of nitrogens with zero attached hydrogens (tertiary/aromatic N) is 3. The van der Waals surface area contributed by atoms with Gasteiger partial charge in [0.05, 0.1) is 5.69 Å². The van der Waals surface area contributed by atoms with E-state index in [2.05, 4.69) is 0 Å². The molecule has 5 nitrogen and oxygen atoms in total. The maximum Gasteiger partial charge on any atom is 0.219 e. The Morgan fingerprint density at radius 2 is 1.96 bits per heavy atom.